The molecule has 2 aromatic rings. The fourth-order valence-corrected chi connectivity index (χ4v) is 3.06. The van der Waals surface area contributed by atoms with Crippen molar-refractivity contribution >= 4 is 29.1 Å². The SMILES string of the molecule is CC1=C(C(=O)Nc2cc(C)on2)C(c2cccs2)NC(=O)N1. The second-order valence-electron chi connectivity index (χ2n) is 4.86. The molecule has 2 aromatic heterocycles. The topological polar surface area (TPSA) is 96.3 Å². The van der Waals surface area contributed by atoms with Gasteiger partial charge in [-0.2, -0.15) is 0 Å². The second kappa shape index (κ2) is 5.64. The van der Waals surface area contributed by atoms with Crippen LogP contribution in [0.15, 0.2) is 39.4 Å². The van der Waals surface area contributed by atoms with Crippen molar-refractivity contribution in [1.29, 1.82) is 0 Å². The summed E-state index contributed by atoms with van der Waals surface area (Å²) in [7, 11) is 0. The second-order valence-corrected chi connectivity index (χ2v) is 5.84. The molecule has 0 aromatic carbocycles. The Balaban J connectivity index is 1.91. The van der Waals surface area contributed by atoms with Gasteiger partial charge < -0.3 is 20.5 Å². The third kappa shape index (κ3) is 2.73. The molecule has 7 nitrogen and oxygen atoms in total. The number of amides is 3. The largest absolute Gasteiger partial charge is 0.360 e. The average Bonchev–Trinajstić information content (AvgIpc) is 3.09. The van der Waals surface area contributed by atoms with E-state index in [-0.39, 0.29) is 11.9 Å². The number of aromatic nitrogens is 1. The number of carbonyl (C=O) groups excluding carboxylic acids is 2. The van der Waals surface area contributed by atoms with E-state index in [0.29, 0.717) is 22.8 Å². The Morgan fingerprint density at radius 3 is 2.91 bits per heavy atom. The molecule has 1 aliphatic rings. The number of aryl methyl sites for hydroxylation is 1. The van der Waals surface area contributed by atoms with Crippen molar-refractivity contribution in [2.45, 2.75) is 19.9 Å². The van der Waals surface area contributed by atoms with Crippen LogP contribution in [0.1, 0.15) is 23.6 Å². The highest BCUT2D eigenvalue weighted by Crippen LogP contribution is 2.30. The van der Waals surface area contributed by atoms with Gasteiger partial charge in [0, 0.05) is 16.6 Å². The minimum absolute atomic E-state index is 0.329. The number of thiophene rings is 1. The summed E-state index contributed by atoms with van der Waals surface area (Å²) < 4.78 is 4.93. The van der Waals surface area contributed by atoms with Crippen molar-refractivity contribution in [3.63, 3.8) is 0 Å². The molecule has 3 heterocycles. The summed E-state index contributed by atoms with van der Waals surface area (Å²) >= 11 is 1.47. The molecule has 0 spiro atoms. The van der Waals surface area contributed by atoms with Gasteiger partial charge >= 0.3 is 6.03 Å². The third-order valence-electron chi connectivity index (χ3n) is 3.21. The highest BCUT2D eigenvalue weighted by molar-refractivity contribution is 7.10. The van der Waals surface area contributed by atoms with Crippen molar-refractivity contribution < 1.29 is 14.1 Å². The van der Waals surface area contributed by atoms with Gasteiger partial charge in [0.1, 0.15) is 5.76 Å². The smallest absolute Gasteiger partial charge is 0.319 e. The number of nitrogens with one attached hydrogen (secondary N) is 3. The molecule has 1 atom stereocenters. The fourth-order valence-electron chi connectivity index (χ4n) is 2.27. The van der Waals surface area contributed by atoms with E-state index in [1.165, 1.54) is 11.3 Å². The lowest BCUT2D eigenvalue weighted by Crippen LogP contribution is -2.45. The summed E-state index contributed by atoms with van der Waals surface area (Å²) in [4.78, 5) is 25.1. The molecule has 0 fully saturated rings. The van der Waals surface area contributed by atoms with Crippen LogP contribution in [-0.4, -0.2) is 17.1 Å². The summed E-state index contributed by atoms with van der Waals surface area (Å²) in [6.07, 6.45) is 0. The summed E-state index contributed by atoms with van der Waals surface area (Å²) in [6, 6.07) is 4.57. The van der Waals surface area contributed by atoms with E-state index < -0.39 is 6.04 Å². The maximum absolute atomic E-state index is 12.6. The first kappa shape index (κ1) is 14.3. The van der Waals surface area contributed by atoms with Crippen molar-refractivity contribution in [2.24, 2.45) is 0 Å². The van der Waals surface area contributed by atoms with Crippen LogP contribution in [0.25, 0.3) is 0 Å². The van der Waals surface area contributed by atoms with Gasteiger partial charge in [0.2, 0.25) is 0 Å². The summed E-state index contributed by atoms with van der Waals surface area (Å²) in [6.45, 7) is 3.44. The zero-order valence-corrected chi connectivity index (χ0v) is 12.8. The molecular weight excluding hydrogens is 304 g/mol. The van der Waals surface area contributed by atoms with Gasteiger partial charge in [0.05, 0.1) is 11.6 Å². The van der Waals surface area contributed by atoms with Crippen molar-refractivity contribution in [2.75, 3.05) is 5.32 Å². The van der Waals surface area contributed by atoms with Gasteiger partial charge in [0.25, 0.3) is 5.91 Å². The van der Waals surface area contributed by atoms with Crippen LogP contribution in [0.5, 0.6) is 0 Å². The Labute approximate surface area is 130 Å². The molecule has 3 rings (SSSR count). The summed E-state index contributed by atoms with van der Waals surface area (Å²) in [5, 5.41) is 13.7. The highest BCUT2D eigenvalue weighted by Gasteiger charge is 2.32. The first-order valence-corrected chi connectivity index (χ1v) is 7.49. The summed E-state index contributed by atoms with van der Waals surface area (Å²) in [5.74, 6) is 0.604. The first-order valence-electron chi connectivity index (χ1n) is 6.61. The molecule has 114 valence electrons. The number of allylic oxidation sites excluding steroid dienone is 1. The molecule has 0 saturated heterocycles. The Morgan fingerprint density at radius 2 is 2.27 bits per heavy atom. The predicted molar refractivity (Wildman–Crippen MR) is 81.3 cm³/mol. The Bertz CT molecular complexity index is 748. The molecule has 8 heteroatoms. The molecule has 3 N–H and O–H groups in total. The number of hydrogen-bond acceptors (Lipinski definition) is 5. The number of rotatable bonds is 3. The van der Waals surface area contributed by atoms with Crippen LogP contribution >= 0.6 is 11.3 Å². The lowest BCUT2D eigenvalue weighted by molar-refractivity contribution is -0.113. The van der Waals surface area contributed by atoms with Crippen LogP contribution in [0, 0.1) is 6.92 Å². The van der Waals surface area contributed by atoms with Crippen molar-refractivity contribution in [3.8, 4) is 0 Å². The molecule has 3 amide bonds. The molecule has 0 saturated carbocycles. The van der Waals surface area contributed by atoms with Gasteiger partial charge in [-0.3, -0.25) is 4.79 Å². The highest BCUT2D eigenvalue weighted by atomic mass is 32.1. The monoisotopic (exact) mass is 318 g/mol. The molecule has 0 bridgehead atoms. The third-order valence-corrected chi connectivity index (χ3v) is 4.15. The zero-order valence-electron chi connectivity index (χ0n) is 12.0. The Kier molecular flexibility index (Phi) is 3.68. The van der Waals surface area contributed by atoms with Gasteiger partial charge in [-0.25, -0.2) is 4.79 Å². The van der Waals surface area contributed by atoms with Crippen LogP contribution in [-0.2, 0) is 4.79 Å². The standard InChI is InChI=1S/C14H14N4O3S/c1-7-6-10(18-21-7)16-13(19)11-8(2)15-14(20)17-12(11)9-4-3-5-22-9/h3-6,12H,1-2H3,(H2,15,17,20)(H,16,18,19). The molecule has 1 aliphatic heterocycles. The van der Waals surface area contributed by atoms with Crippen molar-refractivity contribution in [3.05, 3.63) is 45.5 Å². The maximum Gasteiger partial charge on any atom is 0.319 e. The molecule has 0 aliphatic carbocycles. The van der Waals surface area contributed by atoms with E-state index in [1.54, 1.807) is 19.9 Å². The minimum Gasteiger partial charge on any atom is -0.360 e. The van der Waals surface area contributed by atoms with E-state index in [0.717, 1.165) is 4.88 Å². The minimum atomic E-state index is -0.484. The van der Waals surface area contributed by atoms with E-state index in [4.69, 9.17) is 4.52 Å². The van der Waals surface area contributed by atoms with Gasteiger partial charge in [-0.1, -0.05) is 11.2 Å². The van der Waals surface area contributed by atoms with Crippen LogP contribution in [0.2, 0.25) is 0 Å². The average molecular weight is 318 g/mol. The van der Waals surface area contributed by atoms with Crippen molar-refractivity contribution in [1.82, 2.24) is 15.8 Å². The van der Waals surface area contributed by atoms with Crippen LogP contribution in [0.3, 0.4) is 0 Å². The van der Waals surface area contributed by atoms with E-state index in [2.05, 4.69) is 21.1 Å². The van der Waals surface area contributed by atoms with Gasteiger partial charge in [-0.15, -0.1) is 11.3 Å². The number of hydrogen-bond donors (Lipinski definition) is 3. The van der Waals surface area contributed by atoms with Gasteiger partial charge in [-0.05, 0) is 25.3 Å². The molecular formula is C14H14N4O3S. The summed E-state index contributed by atoms with van der Waals surface area (Å²) in [5.41, 5.74) is 0.961. The quantitative estimate of drug-likeness (QED) is 0.809. The molecule has 22 heavy (non-hydrogen) atoms. The molecule has 1 unspecified atom stereocenters. The van der Waals surface area contributed by atoms with E-state index in [1.807, 2.05) is 17.5 Å². The lowest BCUT2D eigenvalue weighted by atomic mass is 10.0. The van der Waals surface area contributed by atoms with E-state index >= 15 is 0 Å². The van der Waals surface area contributed by atoms with Gasteiger partial charge in [0.15, 0.2) is 5.82 Å². The predicted octanol–water partition coefficient (Wildman–Crippen LogP) is 2.31. The van der Waals surface area contributed by atoms with Crippen LogP contribution < -0.4 is 16.0 Å². The Morgan fingerprint density at radius 1 is 1.45 bits per heavy atom. The molecule has 0 radical (unpaired) electrons. The normalized spacial score (nSPS) is 17.9. The zero-order chi connectivity index (χ0) is 15.7. The Hall–Kier alpha value is -2.61. The number of anilines is 1. The lowest BCUT2D eigenvalue weighted by Gasteiger charge is -2.27. The number of urea groups is 1. The van der Waals surface area contributed by atoms with E-state index in [9.17, 15) is 9.59 Å². The first-order chi connectivity index (χ1) is 10.5. The number of carbonyl (C=O) groups is 2. The maximum atomic E-state index is 12.6. The number of nitrogens with zero attached hydrogens (tertiary/aromatic N) is 1. The fraction of sp³-hybridized carbons (Fsp3) is 0.214. The van der Waals surface area contributed by atoms with Crippen LogP contribution in [0.4, 0.5) is 10.6 Å².